The van der Waals surface area contributed by atoms with E-state index in [0.717, 1.165) is 18.6 Å². The fourth-order valence-corrected chi connectivity index (χ4v) is 3.66. The van der Waals surface area contributed by atoms with Crippen LogP contribution in [0.3, 0.4) is 0 Å². The third-order valence-corrected chi connectivity index (χ3v) is 5.33. The SMILES string of the molecule is O=C(Nc1ccc2c(c1)OCCCO2)C1CCN(C(=O)c2ccc(F)cc2F)CC1. The average molecular weight is 416 g/mol. The molecule has 4 rings (SSSR count). The fraction of sp³-hybridized carbons (Fsp3) is 0.364. The normalized spacial score (nSPS) is 16.7. The maximum Gasteiger partial charge on any atom is 0.256 e. The first-order valence-corrected chi connectivity index (χ1v) is 9.96. The van der Waals surface area contributed by atoms with Gasteiger partial charge in [-0.25, -0.2) is 8.78 Å². The number of nitrogens with one attached hydrogen (secondary N) is 1. The van der Waals surface area contributed by atoms with E-state index in [1.807, 2.05) is 0 Å². The molecule has 1 saturated heterocycles. The molecule has 0 unspecified atom stereocenters. The third-order valence-electron chi connectivity index (χ3n) is 5.33. The van der Waals surface area contributed by atoms with E-state index in [0.29, 0.717) is 62.4 Å². The first kappa shape index (κ1) is 20.1. The number of carbonyl (C=O) groups excluding carboxylic acids is 2. The summed E-state index contributed by atoms with van der Waals surface area (Å²) in [4.78, 5) is 26.6. The molecular formula is C22H22F2N2O4. The molecule has 1 fully saturated rings. The van der Waals surface area contributed by atoms with Crippen LogP contribution in [0.4, 0.5) is 14.5 Å². The highest BCUT2D eigenvalue weighted by atomic mass is 19.1. The van der Waals surface area contributed by atoms with Crippen LogP contribution in [0, 0.1) is 17.6 Å². The molecular weight excluding hydrogens is 394 g/mol. The highest BCUT2D eigenvalue weighted by Crippen LogP contribution is 2.32. The number of fused-ring (bicyclic) bond motifs is 1. The lowest BCUT2D eigenvalue weighted by atomic mass is 9.95. The smallest absolute Gasteiger partial charge is 0.256 e. The molecule has 0 radical (unpaired) electrons. The molecule has 2 amide bonds. The summed E-state index contributed by atoms with van der Waals surface area (Å²) in [5, 5.41) is 2.89. The second kappa shape index (κ2) is 8.69. The van der Waals surface area contributed by atoms with Crippen molar-refractivity contribution in [2.24, 2.45) is 5.92 Å². The van der Waals surface area contributed by atoms with Gasteiger partial charge in [0.15, 0.2) is 11.5 Å². The Labute approximate surface area is 172 Å². The number of anilines is 1. The maximum absolute atomic E-state index is 13.9. The van der Waals surface area contributed by atoms with Crippen LogP contribution in [0.1, 0.15) is 29.6 Å². The van der Waals surface area contributed by atoms with E-state index in [-0.39, 0.29) is 17.4 Å². The van der Waals surface area contributed by atoms with Gasteiger partial charge in [-0.2, -0.15) is 0 Å². The van der Waals surface area contributed by atoms with E-state index in [4.69, 9.17) is 9.47 Å². The van der Waals surface area contributed by atoms with Crippen LogP contribution in [0.2, 0.25) is 0 Å². The van der Waals surface area contributed by atoms with E-state index in [1.54, 1.807) is 18.2 Å². The number of rotatable bonds is 3. The standard InChI is InChI=1S/C22H22F2N2O4/c23-15-2-4-17(18(24)12-15)22(28)26-8-6-14(7-9-26)21(27)25-16-3-5-19-20(13-16)30-11-1-10-29-19/h2-5,12-14H,1,6-11H2,(H,25,27). The second-order valence-electron chi connectivity index (χ2n) is 7.39. The van der Waals surface area contributed by atoms with Crippen LogP contribution in [0.5, 0.6) is 11.5 Å². The number of halogens is 2. The van der Waals surface area contributed by atoms with Crippen LogP contribution < -0.4 is 14.8 Å². The van der Waals surface area contributed by atoms with Gasteiger partial charge >= 0.3 is 0 Å². The molecule has 1 N–H and O–H groups in total. The Balaban J connectivity index is 1.34. The van der Waals surface area contributed by atoms with E-state index >= 15 is 0 Å². The number of nitrogens with zero attached hydrogens (tertiary/aromatic N) is 1. The van der Waals surface area contributed by atoms with Crippen LogP contribution >= 0.6 is 0 Å². The topological polar surface area (TPSA) is 67.9 Å². The average Bonchev–Trinajstić information content (AvgIpc) is 2.98. The molecule has 8 heteroatoms. The number of hydrogen-bond donors (Lipinski definition) is 1. The van der Waals surface area contributed by atoms with Crippen LogP contribution in [0.25, 0.3) is 0 Å². The highest BCUT2D eigenvalue weighted by molar-refractivity contribution is 5.95. The zero-order valence-corrected chi connectivity index (χ0v) is 16.3. The number of piperidine rings is 1. The summed E-state index contributed by atoms with van der Waals surface area (Å²) >= 11 is 0. The first-order chi connectivity index (χ1) is 14.5. The largest absolute Gasteiger partial charge is 0.490 e. The van der Waals surface area contributed by atoms with Crippen LogP contribution in [0.15, 0.2) is 36.4 Å². The van der Waals surface area contributed by atoms with Crippen molar-refractivity contribution in [1.82, 2.24) is 4.90 Å². The Morgan fingerprint density at radius 2 is 1.70 bits per heavy atom. The summed E-state index contributed by atoms with van der Waals surface area (Å²) < 4.78 is 38.2. The van der Waals surface area contributed by atoms with Gasteiger partial charge in [0.05, 0.1) is 18.8 Å². The Morgan fingerprint density at radius 1 is 0.967 bits per heavy atom. The number of carbonyl (C=O) groups is 2. The predicted octanol–water partition coefficient (Wildman–Crippen LogP) is 3.62. The monoisotopic (exact) mass is 416 g/mol. The van der Waals surface area contributed by atoms with Crippen molar-refractivity contribution >= 4 is 17.5 Å². The summed E-state index contributed by atoms with van der Waals surface area (Å²) in [7, 11) is 0. The number of hydrogen-bond acceptors (Lipinski definition) is 4. The molecule has 0 aliphatic carbocycles. The van der Waals surface area contributed by atoms with Crippen LogP contribution in [-0.4, -0.2) is 43.0 Å². The maximum atomic E-state index is 13.9. The van der Waals surface area contributed by atoms with Crippen molar-refractivity contribution in [3.05, 3.63) is 53.6 Å². The zero-order valence-electron chi connectivity index (χ0n) is 16.3. The van der Waals surface area contributed by atoms with Gasteiger partial charge in [-0.3, -0.25) is 9.59 Å². The van der Waals surface area contributed by atoms with Gasteiger partial charge in [0, 0.05) is 43.2 Å². The van der Waals surface area contributed by atoms with Gasteiger partial charge in [-0.1, -0.05) is 0 Å². The Kier molecular flexibility index (Phi) is 5.83. The molecule has 158 valence electrons. The zero-order chi connectivity index (χ0) is 21.1. The van der Waals surface area contributed by atoms with Gasteiger partial charge in [0.1, 0.15) is 11.6 Å². The predicted molar refractivity (Wildman–Crippen MR) is 106 cm³/mol. The van der Waals surface area contributed by atoms with Crippen molar-refractivity contribution in [2.75, 3.05) is 31.6 Å². The molecule has 2 aliphatic heterocycles. The lowest BCUT2D eigenvalue weighted by Gasteiger charge is -2.31. The van der Waals surface area contributed by atoms with Gasteiger partial charge in [-0.05, 0) is 37.1 Å². The summed E-state index contributed by atoms with van der Waals surface area (Å²) in [6, 6.07) is 8.19. The molecule has 0 spiro atoms. The molecule has 0 atom stereocenters. The summed E-state index contributed by atoms with van der Waals surface area (Å²) in [6.45, 7) is 1.81. The molecule has 0 saturated carbocycles. The highest BCUT2D eigenvalue weighted by Gasteiger charge is 2.29. The Hall–Kier alpha value is -3.16. The minimum atomic E-state index is -0.880. The molecule has 6 nitrogen and oxygen atoms in total. The van der Waals surface area contributed by atoms with Gasteiger partial charge < -0.3 is 19.7 Å². The van der Waals surface area contributed by atoms with Gasteiger partial charge in [0.25, 0.3) is 5.91 Å². The van der Waals surface area contributed by atoms with E-state index in [2.05, 4.69) is 5.32 Å². The molecule has 2 aromatic carbocycles. The number of ether oxygens (including phenoxy) is 2. The third kappa shape index (κ3) is 4.37. The first-order valence-electron chi connectivity index (χ1n) is 9.96. The second-order valence-corrected chi connectivity index (χ2v) is 7.39. The minimum absolute atomic E-state index is 0.135. The lowest BCUT2D eigenvalue weighted by molar-refractivity contribution is -0.121. The molecule has 2 aliphatic rings. The van der Waals surface area contributed by atoms with Crippen molar-refractivity contribution in [3.63, 3.8) is 0 Å². The van der Waals surface area contributed by atoms with Gasteiger partial charge in [-0.15, -0.1) is 0 Å². The Bertz CT molecular complexity index is 958. The quantitative estimate of drug-likeness (QED) is 0.830. The summed E-state index contributed by atoms with van der Waals surface area (Å²) in [6.07, 6.45) is 1.73. The number of benzene rings is 2. The molecule has 0 bridgehead atoms. The fourth-order valence-electron chi connectivity index (χ4n) is 3.66. The molecule has 30 heavy (non-hydrogen) atoms. The molecule has 2 aromatic rings. The molecule has 0 aromatic heterocycles. The van der Waals surface area contributed by atoms with Crippen molar-refractivity contribution < 1.29 is 27.8 Å². The van der Waals surface area contributed by atoms with Crippen molar-refractivity contribution in [1.29, 1.82) is 0 Å². The minimum Gasteiger partial charge on any atom is -0.490 e. The van der Waals surface area contributed by atoms with E-state index in [1.165, 1.54) is 4.90 Å². The summed E-state index contributed by atoms with van der Waals surface area (Å²) in [5.41, 5.74) is 0.461. The van der Waals surface area contributed by atoms with Crippen LogP contribution in [-0.2, 0) is 4.79 Å². The lowest BCUT2D eigenvalue weighted by Crippen LogP contribution is -2.41. The van der Waals surface area contributed by atoms with Gasteiger partial charge in [0.2, 0.25) is 5.91 Å². The van der Waals surface area contributed by atoms with E-state index in [9.17, 15) is 18.4 Å². The molecule has 2 heterocycles. The number of likely N-dealkylation sites (tertiary alicyclic amines) is 1. The van der Waals surface area contributed by atoms with Crippen molar-refractivity contribution in [2.45, 2.75) is 19.3 Å². The van der Waals surface area contributed by atoms with E-state index < -0.39 is 17.5 Å². The van der Waals surface area contributed by atoms with Crippen molar-refractivity contribution in [3.8, 4) is 11.5 Å². The Morgan fingerprint density at radius 3 is 2.43 bits per heavy atom. The summed E-state index contributed by atoms with van der Waals surface area (Å²) in [5.74, 6) is -1.23. The number of amides is 2.